The van der Waals surface area contributed by atoms with Crippen molar-refractivity contribution in [2.24, 2.45) is 5.92 Å². The lowest BCUT2D eigenvalue weighted by atomic mass is 9.96. The molecule has 2 atom stereocenters. The Bertz CT molecular complexity index is 777. The van der Waals surface area contributed by atoms with E-state index in [1.54, 1.807) is 10.3 Å². The number of likely N-dealkylation sites (tertiary alicyclic amines) is 1. The van der Waals surface area contributed by atoms with Gasteiger partial charge in [-0.15, -0.1) is 11.3 Å². The maximum atomic E-state index is 12.8. The van der Waals surface area contributed by atoms with E-state index in [1.807, 2.05) is 44.2 Å². The van der Waals surface area contributed by atoms with Gasteiger partial charge in [0.15, 0.2) is 5.13 Å². The van der Waals surface area contributed by atoms with Gasteiger partial charge in [-0.25, -0.2) is 4.98 Å². The SMILES string of the molecule is CCC(C)NC(=O)C1CCCN(C(=O)c2csc(Nc3ccccc3)n2)C1. The Labute approximate surface area is 164 Å². The van der Waals surface area contributed by atoms with E-state index in [0.29, 0.717) is 23.9 Å². The molecule has 1 aliphatic rings. The number of rotatable bonds is 6. The Morgan fingerprint density at radius 3 is 2.85 bits per heavy atom. The van der Waals surface area contributed by atoms with Gasteiger partial charge < -0.3 is 15.5 Å². The zero-order valence-electron chi connectivity index (χ0n) is 15.8. The van der Waals surface area contributed by atoms with Gasteiger partial charge in [0.25, 0.3) is 5.91 Å². The summed E-state index contributed by atoms with van der Waals surface area (Å²) in [6.45, 7) is 5.18. The minimum Gasteiger partial charge on any atom is -0.353 e. The lowest BCUT2D eigenvalue weighted by molar-refractivity contribution is -0.126. The van der Waals surface area contributed by atoms with Crippen molar-refractivity contribution in [3.05, 3.63) is 41.4 Å². The largest absolute Gasteiger partial charge is 0.353 e. The van der Waals surface area contributed by atoms with Gasteiger partial charge >= 0.3 is 0 Å². The third-order valence-corrected chi connectivity index (χ3v) is 5.59. The van der Waals surface area contributed by atoms with Crippen LogP contribution in [0.15, 0.2) is 35.7 Å². The van der Waals surface area contributed by atoms with Crippen LogP contribution < -0.4 is 10.6 Å². The average molecular weight is 387 g/mol. The summed E-state index contributed by atoms with van der Waals surface area (Å²) in [5.74, 6) is -0.197. The predicted molar refractivity (Wildman–Crippen MR) is 108 cm³/mol. The van der Waals surface area contributed by atoms with E-state index in [4.69, 9.17) is 0 Å². The van der Waals surface area contributed by atoms with Crippen LogP contribution in [0.1, 0.15) is 43.6 Å². The summed E-state index contributed by atoms with van der Waals surface area (Å²) in [5.41, 5.74) is 1.37. The molecule has 0 spiro atoms. The highest BCUT2D eigenvalue weighted by Crippen LogP contribution is 2.24. The molecule has 0 saturated carbocycles. The number of aromatic nitrogens is 1. The second kappa shape index (κ2) is 8.99. The summed E-state index contributed by atoms with van der Waals surface area (Å²) in [7, 11) is 0. The second-order valence-corrected chi connectivity index (χ2v) is 7.80. The van der Waals surface area contributed by atoms with Gasteiger partial charge in [-0.2, -0.15) is 0 Å². The fourth-order valence-electron chi connectivity index (χ4n) is 3.07. The van der Waals surface area contributed by atoms with E-state index in [-0.39, 0.29) is 23.8 Å². The van der Waals surface area contributed by atoms with Crippen molar-refractivity contribution in [1.82, 2.24) is 15.2 Å². The molecule has 1 aromatic heterocycles. The molecule has 144 valence electrons. The molecule has 2 heterocycles. The van der Waals surface area contributed by atoms with Gasteiger partial charge in [0.1, 0.15) is 5.69 Å². The van der Waals surface area contributed by atoms with Crippen molar-refractivity contribution in [1.29, 1.82) is 0 Å². The van der Waals surface area contributed by atoms with Gasteiger partial charge in [0, 0.05) is 30.2 Å². The Morgan fingerprint density at radius 2 is 2.11 bits per heavy atom. The monoisotopic (exact) mass is 386 g/mol. The third kappa shape index (κ3) is 5.07. The van der Waals surface area contributed by atoms with E-state index in [2.05, 4.69) is 15.6 Å². The number of benzene rings is 1. The second-order valence-electron chi connectivity index (χ2n) is 6.94. The number of hydrogen-bond donors (Lipinski definition) is 2. The minimum absolute atomic E-state index is 0.0477. The molecule has 1 aliphatic heterocycles. The van der Waals surface area contributed by atoms with Gasteiger partial charge in [-0.3, -0.25) is 9.59 Å². The van der Waals surface area contributed by atoms with Crippen LogP contribution in [0.3, 0.4) is 0 Å². The molecule has 0 bridgehead atoms. The predicted octanol–water partition coefficient (Wildman–Crippen LogP) is 3.65. The molecule has 3 rings (SSSR count). The molecule has 7 heteroatoms. The normalized spacial score (nSPS) is 18.0. The lowest BCUT2D eigenvalue weighted by Gasteiger charge is -2.32. The van der Waals surface area contributed by atoms with E-state index in [1.165, 1.54) is 11.3 Å². The zero-order valence-corrected chi connectivity index (χ0v) is 16.6. The molecular weight excluding hydrogens is 360 g/mol. The van der Waals surface area contributed by atoms with E-state index in [9.17, 15) is 9.59 Å². The first-order valence-electron chi connectivity index (χ1n) is 9.44. The molecular formula is C20H26N4O2S. The maximum absolute atomic E-state index is 12.8. The first kappa shape index (κ1) is 19.4. The highest BCUT2D eigenvalue weighted by molar-refractivity contribution is 7.14. The van der Waals surface area contributed by atoms with E-state index < -0.39 is 0 Å². The first-order chi connectivity index (χ1) is 13.1. The van der Waals surface area contributed by atoms with Crippen molar-refractivity contribution in [3.8, 4) is 0 Å². The highest BCUT2D eigenvalue weighted by atomic mass is 32.1. The van der Waals surface area contributed by atoms with Crippen molar-refractivity contribution < 1.29 is 9.59 Å². The van der Waals surface area contributed by atoms with Gasteiger partial charge in [0.2, 0.25) is 5.91 Å². The molecule has 0 aliphatic carbocycles. The highest BCUT2D eigenvalue weighted by Gasteiger charge is 2.30. The van der Waals surface area contributed by atoms with Gasteiger partial charge in [-0.1, -0.05) is 25.1 Å². The van der Waals surface area contributed by atoms with Crippen LogP contribution >= 0.6 is 11.3 Å². The fraction of sp³-hybridized carbons (Fsp3) is 0.450. The van der Waals surface area contributed by atoms with E-state index >= 15 is 0 Å². The maximum Gasteiger partial charge on any atom is 0.273 e. The fourth-order valence-corrected chi connectivity index (χ4v) is 3.78. The quantitative estimate of drug-likeness (QED) is 0.795. The molecule has 0 radical (unpaired) electrons. The minimum atomic E-state index is -0.141. The summed E-state index contributed by atoms with van der Waals surface area (Å²) in [4.78, 5) is 31.4. The van der Waals surface area contributed by atoms with Crippen LogP contribution in [0.25, 0.3) is 0 Å². The number of nitrogens with zero attached hydrogens (tertiary/aromatic N) is 2. The average Bonchev–Trinajstić information content (AvgIpc) is 3.16. The summed E-state index contributed by atoms with van der Waals surface area (Å²) >= 11 is 1.41. The molecule has 2 N–H and O–H groups in total. The molecule has 1 saturated heterocycles. The topological polar surface area (TPSA) is 74.3 Å². The Kier molecular flexibility index (Phi) is 6.45. The van der Waals surface area contributed by atoms with Crippen molar-refractivity contribution in [2.45, 2.75) is 39.2 Å². The van der Waals surface area contributed by atoms with Crippen LogP contribution in [-0.4, -0.2) is 40.8 Å². The van der Waals surface area contributed by atoms with Crippen LogP contribution in [-0.2, 0) is 4.79 Å². The Balaban J connectivity index is 1.61. The van der Waals surface area contributed by atoms with Gasteiger partial charge in [0.05, 0.1) is 5.92 Å². The van der Waals surface area contributed by atoms with E-state index in [0.717, 1.165) is 24.9 Å². The number of para-hydroxylation sites is 1. The summed E-state index contributed by atoms with van der Waals surface area (Å²) in [6, 6.07) is 9.91. The molecule has 2 unspecified atom stereocenters. The number of piperidine rings is 1. The van der Waals surface area contributed by atoms with Crippen LogP contribution in [0.5, 0.6) is 0 Å². The van der Waals surface area contributed by atoms with Crippen molar-refractivity contribution in [2.75, 3.05) is 18.4 Å². The number of anilines is 2. The molecule has 2 aromatic rings. The number of carbonyl (C=O) groups excluding carboxylic acids is 2. The smallest absolute Gasteiger partial charge is 0.273 e. The third-order valence-electron chi connectivity index (χ3n) is 4.83. The number of thiazole rings is 1. The van der Waals surface area contributed by atoms with Crippen molar-refractivity contribution in [3.63, 3.8) is 0 Å². The Morgan fingerprint density at radius 1 is 1.33 bits per heavy atom. The summed E-state index contributed by atoms with van der Waals surface area (Å²) in [5, 5.41) is 8.70. The number of amides is 2. The molecule has 6 nitrogen and oxygen atoms in total. The Hall–Kier alpha value is -2.41. The summed E-state index contributed by atoms with van der Waals surface area (Å²) in [6.07, 6.45) is 2.56. The standard InChI is InChI=1S/C20H26N4O2S/c1-3-14(2)21-18(25)15-8-7-11-24(12-15)19(26)17-13-27-20(23-17)22-16-9-5-4-6-10-16/h4-6,9-10,13-15H,3,7-8,11-12H2,1-2H3,(H,21,25)(H,22,23). The molecule has 27 heavy (non-hydrogen) atoms. The molecule has 1 aromatic carbocycles. The lowest BCUT2D eigenvalue weighted by Crippen LogP contribution is -2.47. The molecule has 2 amide bonds. The van der Waals surface area contributed by atoms with Crippen LogP contribution in [0, 0.1) is 5.92 Å². The number of carbonyl (C=O) groups is 2. The van der Waals surface area contributed by atoms with Crippen LogP contribution in [0.4, 0.5) is 10.8 Å². The van der Waals surface area contributed by atoms with Gasteiger partial charge in [-0.05, 0) is 38.3 Å². The number of hydrogen-bond acceptors (Lipinski definition) is 5. The zero-order chi connectivity index (χ0) is 19.2. The molecule has 1 fully saturated rings. The van der Waals surface area contributed by atoms with Crippen molar-refractivity contribution >= 4 is 34.0 Å². The number of nitrogens with one attached hydrogen (secondary N) is 2. The summed E-state index contributed by atoms with van der Waals surface area (Å²) < 4.78 is 0. The first-order valence-corrected chi connectivity index (χ1v) is 10.3. The van der Waals surface area contributed by atoms with Crippen LogP contribution in [0.2, 0.25) is 0 Å².